The molecule has 0 spiro atoms. The van der Waals surface area contributed by atoms with Crippen molar-refractivity contribution in [2.24, 2.45) is 7.05 Å². The van der Waals surface area contributed by atoms with Crippen molar-refractivity contribution in [1.82, 2.24) is 19.3 Å². The van der Waals surface area contributed by atoms with E-state index in [4.69, 9.17) is 5.73 Å². The van der Waals surface area contributed by atoms with Crippen molar-refractivity contribution in [3.8, 4) is 33.4 Å². The van der Waals surface area contributed by atoms with E-state index in [9.17, 15) is 14.0 Å². The predicted octanol–water partition coefficient (Wildman–Crippen LogP) is 6.00. The zero-order valence-corrected chi connectivity index (χ0v) is 23.2. The van der Waals surface area contributed by atoms with E-state index in [0.717, 1.165) is 27.8 Å². The molecule has 3 aromatic heterocycles. The van der Waals surface area contributed by atoms with Gasteiger partial charge in [0.2, 0.25) is 5.43 Å². The number of aromatic nitrogens is 4. The van der Waals surface area contributed by atoms with Crippen LogP contribution in [0, 0.1) is 5.82 Å². The Morgan fingerprint density at radius 2 is 1.53 bits per heavy atom. The van der Waals surface area contributed by atoms with E-state index in [2.05, 4.69) is 15.4 Å². The van der Waals surface area contributed by atoms with Crippen molar-refractivity contribution in [2.75, 3.05) is 11.1 Å². The van der Waals surface area contributed by atoms with Crippen molar-refractivity contribution in [2.45, 2.75) is 6.54 Å². The second kappa shape index (κ2) is 11.6. The van der Waals surface area contributed by atoms with E-state index in [1.54, 1.807) is 46.2 Å². The Balaban J connectivity index is 1.29. The van der Waals surface area contributed by atoms with Crippen LogP contribution in [0.15, 0.2) is 121 Å². The van der Waals surface area contributed by atoms with E-state index in [1.807, 2.05) is 61.8 Å². The van der Waals surface area contributed by atoms with Gasteiger partial charge in [-0.15, -0.1) is 0 Å². The summed E-state index contributed by atoms with van der Waals surface area (Å²) in [6.45, 7) is 0.442. The third-order valence-corrected chi connectivity index (χ3v) is 7.10. The number of aryl methyl sites for hydroxylation is 1. The Morgan fingerprint density at radius 3 is 2.23 bits per heavy atom. The molecule has 3 heterocycles. The minimum Gasteiger partial charge on any atom is -0.383 e. The average Bonchev–Trinajstić information content (AvgIpc) is 3.46. The molecule has 0 aliphatic rings. The summed E-state index contributed by atoms with van der Waals surface area (Å²) in [6, 6.07) is 24.4. The molecule has 9 heteroatoms. The monoisotopic (exact) mass is 570 g/mol. The number of rotatable bonds is 7. The lowest BCUT2D eigenvalue weighted by atomic mass is 10.0. The van der Waals surface area contributed by atoms with Crippen molar-refractivity contribution in [3.05, 3.63) is 143 Å². The molecule has 6 rings (SSSR count). The third-order valence-electron chi connectivity index (χ3n) is 7.10. The summed E-state index contributed by atoms with van der Waals surface area (Å²) in [5.41, 5.74) is 11.4. The molecule has 8 nitrogen and oxygen atoms in total. The van der Waals surface area contributed by atoms with Gasteiger partial charge in [0.15, 0.2) is 0 Å². The van der Waals surface area contributed by atoms with Gasteiger partial charge in [-0.2, -0.15) is 5.10 Å². The number of hydrogen-bond donors (Lipinski definition) is 2. The van der Waals surface area contributed by atoms with Crippen LogP contribution in [0.2, 0.25) is 0 Å². The fourth-order valence-corrected chi connectivity index (χ4v) is 4.88. The Kier molecular flexibility index (Phi) is 7.36. The standard InChI is InChI=1S/C34H27FN6O2/c1-40-19-26(17-38-40)25-15-29(33(36)37-16-25)23-9-13-28(14-10-23)39-34(43)31-21-41(18-22-5-3-2-4-6-22)20-30(32(31)42)24-7-11-27(35)12-8-24/h2-17,19-21H,18H2,1H3,(H2,36,37)(H,39,43). The summed E-state index contributed by atoms with van der Waals surface area (Å²) in [5.74, 6) is -0.587. The lowest BCUT2D eigenvalue weighted by Crippen LogP contribution is -2.24. The molecule has 0 atom stereocenters. The van der Waals surface area contributed by atoms with Crippen LogP contribution in [-0.2, 0) is 13.6 Å². The van der Waals surface area contributed by atoms with E-state index in [-0.39, 0.29) is 5.56 Å². The van der Waals surface area contributed by atoms with Gasteiger partial charge in [-0.1, -0.05) is 54.6 Å². The second-order valence-corrected chi connectivity index (χ2v) is 10.2. The lowest BCUT2D eigenvalue weighted by molar-refractivity contribution is 0.102. The van der Waals surface area contributed by atoms with Crippen LogP contribution in [0.5, 0.6) is 0 Å². The topological polar surface area (TPSA) is 108 Å². The molecular weight excluding hydrogens is 543 g/mol. The quantitative estimate of drug-likeness (QED) is 0.245. The van der Waals surface area contributed by atoms with Crippen LogP contribution in [0.3, 0.4) is 0 Å². The number of nitrogen functional groups attached to an aromatic ring is 1. The molecule has 0 bridgehead atoms. The molecule has 0 unspecified atom stereocenters. The predicted molar refractivity (Wildman–Crippen MR) is 166 cm³/mol. The summed E-state index contributed by atoms with van der Waals surface area (Å²) < 4.78 is 17.1. The number of amides is 1. The minimum absolute atomic E-state index is 0.0283. The van der Waals surface area contributed by atoms with Crippen LogP contribution in [0.4, 0.5) is 15.9 Å². The largest absolute Gasteiger partial charge is 0.383 e. The van der Waals surface area contributed by atoms with Gasteiger partial charge in [-0.05, 0) is 47.0 Å². The summed E-state index contributed by atoms with van der Waals surface area (Å²) in [5, 5.41) is 7.06. The first-order chi connectivity index (χ1) is 20.8. The van der Waals surface area contributed by atoms with Crippen LogP contribution >= 0.6 is 0 Å². The van der Waals surface area contributed by atoms with Gasteiger partial charge in [0, 0.05) is 66.3 Å². The molecule has 3 aromatic carbocycles. The Labute approximate surface area is 246 Å². The van der Waals surface area contributed by atoms with Crippen LogP contribution in [0.1, 0.15) is 15.9 Å². The molecule has 3 N–H and O–H groups in total. The van der Waals surface area contributed by atoms with Gasteiger partial charge < -0.3 is 15.6 Å². The van der Waals surface area contributed by atoms with Crippen molar-refractivity contribution < 1.29 is 9.18 Å². The zero-order chi connectivity index (χ0) is 29.9. The van der Waals surface area contributed by atoms with Crippen molar-refractivity contribution >= 4 is 17.4 Å². The van der Waals surface area contributed by atoms with Gasteiger partial charge in [0.05, 0.1) is 6.20 Å². The van der Waals surface area contributed by atoms with Crippen LogP contribution < -0.4 is 16.5 Å². The van der Waals surface area contributed by atoms with Gasteiger partial charge in [-0.25, -0.2) is 9.37 Å². The highest BCUT2D eigenvalue weighted by Gasteiger charge is 2.17. The highest BCUT2D eigenvalue weighted by Crippen LogP contribution is 2.30. The molecule has 212 valence electrons. The van der Waals surface area contributed by atoms with Gasteiger partial charge in [-0.3, -0.25) is 14.3 Å². The molecule has 0 aliphatic carbocycles. The van der Waals surface area contributed by atoms with Crippen LogP contribution in [0.25, 0.3) is 33.4 Å². The van der Waals surface area contributed by atoms with Gasteiger partial charge in [0.25, 0.3) is 5.91 Å². The molecule has 0 fully saturated rings. The number of nitrogens with two attached hydrogens (primary N) is 1. The molecule has 0 saturated heterocycles. The average molecular weight is 571 g/mol. The maximum absolute atomic E-state index is 13.6. The number of halogens is 1. The van der Waals surface area contributed by atoms with E-state index < -0.39 is 17.2 Å². The van der Waals surface area contributed by atoms with Gasteiger partial charge >= 0.3 is 0 Å². The number of pyridine rings is 2. The number of carbonyl (C=O) groups excluding carboxylic acids is 1. The SMILES string of the molecule is Cn1cc(-c2cnc(N)c(-c3ccc(NC(=O)c4cn(Cc5ccccc5)cc(-c5ccc(F)cc5)c4=O)cc3)c2)cn1. The van der Waals surface area contributed by atoms with Crippen molar-refractivity contribution in [1.29, 1.82) is 0 Å². The second-order valence-electron chi connectivity index (χ2n) is 10.2. The summed E-state index contributed by atoms with van der Waals surface area (Å²) in [4.78, 5) is 31.3. The molecule has 1 amide bonds. The third kappa shape index (κ3) is 5.96. The number of carbonyl (C=O) groups is 1. The Hall–Kier alpha value is -5.83. The number of anilines is 2. The van der Waals surface area contributed by atoms with Crippen LogP contribution in [-0.4, -0.2) is 25.2 Å². The first kappa shape index (κ1) is 27.3. The number of nitrogens with one attached hydrogen (secondary N) is 1. The summed E-state index contributed by atoms with van der Waals surface area (Å²) in [7, 11) is 1.85. The highest BCUT2D eigenvalue weighted by atomic mass is 19.1. The molecule has 43 heavy (non-hydrogen) atoms. The first-order valence-electron chi connectivity index (χ1n) is 13.5. The normalized spacial score (nSPS) is 10.9. The van der Waals surface area contributed by atoms with Gasteiger partial charge in [0.1, 0.15) is 17.2 Å². The first-order valence-corrected chi connectivity index (χ1v) is 13.5. The fraction of sp³-hybridized carbons (Fsp3) is 0.0588. The lowest BCUT2D eigenvalue weighted by Gasteiger charge is -2.13. The van der Waals surface area contributed by atoms with Crippen molar-refractivity contribution in [3.63, 3.8) is 0 Å². The zero-order valence-electron chi connectivity index (χ0n) is 23.2. The number of hydrogen-bond acceptors (Lipinski definition) is 5. The summed E-state index contributed by atoms with van der Waals surface area (Å²) in [6.07, 6.45) is 8.59. The fourth-order valence-electron chi connectivity index (χ4n) is 4.88. The maximum atomic E-state index is 13.6. The molecule has 6 aromatic rings. The number of nitrogens with zero attached hydrogens (tertiary/aromatic N) is 4. The molecule has 0 aliphatic heterocycles. The maximum Gasteiger partial charge on any atom is 0.261 e. The Morgan fingerprint density at radius 1 is 0.837 bits per heavy atom. The highest BCUT2D eigenvalue weighted by molar-refractivity contribution is 6.04. The smallest absolute Gasteiger partial charge is 0.261 e. The van der Waals surface area contributed by atoms with E-state index in [0.29, 0.717) is 29.2 Å². The number of benzene rings is 3. The van der Waals surface area contributed by atoms with E-state index in [1.165, 1.54) is 24.3 Å². The summed E-state index contributed by atoms with van der Waals surface area (Å²) >= 11 is 0. The molecule has 0 radical (unpaired) electrons. The van der Waals surface area contributed by atoms with E-state index >= 15 is 0 Å². The Bertz CT molecular complexity index is 1980. The molecular formula is C34H27FN6O2. The molecule has 0 saturated carbocycles. The minimum atomic E-state index is -0.553.